The van der Waals surface area contributed by atoms with Gasteiger partial charge >= 0.3 is 0 Å². The van der Waals surface area contributed by atoms with Crippen LogP contribution < -0.4 is 11.1 Å². The summed E-state index contributed by atoms with van der Waals surface area (Å²) in [4.78, 5) is 4.40. The average Bonchev–Trinajstić information content (AvgIpc) is 2.81. The third-order valence-electron chi connectivity index (χ3n) is 4.89. The molecule has 1 aliphatic carbocycles. The SMILES string of the molecule is CCC1CCC(Nc2ccnc3c(N)cccc23)C1C. The number of aromatic nitrogens is 1. The highest BCUT2D eigenvalue weighted by Crippen LogP contribution is 2.37. The summed E-state index contributed by atoms with van der Waals surface area (Å²) in [6, 6.07) is 8.63. The van der Waals surface area contributed by atoms with Gasteiger partial charge in [-0.25, -0.2) is 0 Å². The minimum absolute atomic E-state index is 0.562. The van der Waals surface area contributed by atoms with Crippen molar-refractivity contribution in [2.24, 2.45) is 11.8 Å². The van der Waals surface area contributed by atoms with E-state index in [1.165, 1.54) is 19.3 Å². The van der Waals surface area contributed by atoms with Crippen molar-refractivity contribution in [2.75, 3.05) is 11.1 Å². The maximum Gasteiger partial charge on any atom is 0.0951 e. The van der Waals surface area contributed by atoms with E-state index >= 15 is 0 Å². The lowest BCUT2D eigenvalue weighted by Crippen LogP contribution is -2.24. The second kappa shape index (κ2) is 5.31. The van der Waals surface area contributed by atoms with Gasteiger partial charge in [-0.15, -0.1) is 0 Å². The zero-order valence-electron chi connectivity index (χ0n) is 12.3. The van der Waals surface area contributed by atoms with E-state index in [0.29, 0.717) is 6.04 Å². The first-order chi connectivity index (χ1) is 9.70. The van der Waals surface area contributed by atoms with Crippen molar-refractivity contribution in [1.82, 2.24) is 4.98 Å². The third-order valence-corrected chi connectivity index (χ3v) is 4.89. The van der Waals surface area contributed by atoms with Crippen LogP contribution >= 0.6 is 0 Å². The highest BCUT2D eigenvalue weighted by atomic mass is 14.9. The normalized spacial score (nSPS) is 26.0. The van der Waals surface area contributed by atoms with E-state index in [4.69, 9.17) is 5.73 Å². The predicted molar refractivity (Wildman–Crippen MR) is 85.7 cm³/mol. The lowest BCUT2D eigenvalue weighted by Gasteiger charge is -2.23. The van der Waals surface area contributed by atoms with Gasteiger partial charge in [0.15, 0.2) is 0 Å². The van der Waals surface area contributed by atoms with Crippen LogP contribution in [0.25, 0.3) is 10.9 Å². The van der Waals surface area contributed by atoms with Gasteiger partial charge in [0.2, 0.25) is 0 Å². The van der Waals surface area contributed by atoms with Gasteiger partial charge in [-0.2, -0.15) is 0 Å². The Kier molecular flexibility index (Phi) is 3.51. The molecular weight excluding hydrogens is 246 g/mol. The van der Waals surface area contributed by atoms with Gasteiger partial charge in [0, 0.05) is 23.3 Å². The van der Waals surface area contributed by atoms with Crippen molar-refractivity contribution in [3.8, 4) is 0 Å². The summed E-state index contributed by atoms with van der Waals surface area (Å²) >= 11 is 0. The van der Waals surface area contributed by atoms with Crippen LogP contribution in [0.15, 0.2) is 30.5 Å². The van der Waals surface area contributed by atoms with E-state index in [0.717, 1.165) is 34.1 Å². The Labute approximate surface area is 120 Å². The number of fused-ring (bicyclic) bond motifs is 1. The molecule has 0 spiro atoms. The monoisotopic (exact) mass is 269 g/mol. The van der Waals surface area contributed by atoms with E-state index in [1.807, 2.05) is 18.3 Å². The number of hydrogen-bond acceptors (Lipinski definition) is 3. The Hall–Kier alpha value is -1.77. The number of anilines is 2. The topological polar surface area (TPSA) is 50.9 Å². The molecule has 1 aromatic heterocycles. The molecule has 3 atom stereocenters. The zero-order chi connectivity index (χ0) is 14.1. The van der Waals surface area contributed by atoms with Gasteiger partial charge in [0.05, 0.1) is 11.2 Å². The van der Waals surface area contributed by atoms with Crippen LogP contribution in [0.5, 0.6) is 0 Å². The molecule has 1 aliphatic rings. The van der Waals surface area contributed by atoms with Gasteiger partial charge in [0.1, 0.15) is 0 Å². The van der Waals surface area contributed by atoms with Crippen LogP contribution in [-0.2, 0) is 0 Å². The summed E-state index contributed by atoms with van der Waals surface area (Å²) in [6.45, 7) is 4.67. The fraction of sp³-hybridized carbons (Fsp3) is 0.471. The molecule has 1 fully saturated rings. The summed E-state index contributed by atoms with van der Waals surface area (Å²) in [7, 11) is 0. The quantitative estimate of drug-likeness (QED) is 0.826. The number of pyridine rings is 1. The maximum absolute atomic E-state index is 6.01. The van der Waals surface area contributed by atoms with Crippen molar-refractivity contribution in [3.63, 3.8) is 0 Å². The fourth-order valence-electron chi connectivity index (χ4n) is 3.55. The molecule has 2 aromatic rings. The van der Waals surface area contributed by atoms with Crippen molar-refractivity contribution >= 4 is 22.3 Å². The van der Waals surface area contributed by atoms with Crippen molar-refractivity contribution < 1.29 is 0 Å². The number of nitrogens with two attached hydrogens (primary N) is 1. The molecule has 106 valence electrons. The number of nitrogen functional groups attached to an aromatic ring is 1. The summed E-state index contributed by atoms with van der Waals surface area (Å²) in [5, 5.41) is 4.85. The van der Waals surface area contributed by atoms with Crippen molar-refractivity contribution in [3.05, 3.63) is 30.5 Å². The van der Waals surface area contributed by atoms with E-state index in [9.17, 15) is 0 Å². The Morgan fingerprint density at radius 1 is 1.30 bits per heavy atom. The van der Waals surface area contributed by atoms with Gasteiger partial charge in [-0.05, 0) is 36.8 Å². The minimum atomic E-state index is 0.562. The van der Waals surface area contributed by atoms with Crippen LogP contribution in [0.1, 0.15) is 33.1 Å². The Bertz CT molecular complexity index is 608. The molecule has 3 nitrogen and oxygen atoms in total. The average molecular weight is 269 g/mol. The third kappa shape index (κ3) is 2.21. The number of nitrogens with zero attached hydrogens (tertiary/aromatic N) is 1. The molecule has 3 N–H and O–H groups in total. The first kappa shape index (κ1) is 13.2. The summed E-state index contributed by atoms with van der Waals surface area (Å²) in [5.41, 5.74) is 8.82. The van der Waals surface area contributed by atoms with Gasteiger partial charge in [0.25, 0.3) is 0 Å². The van der Waals surface area contributed by atoms with Gasteiger partial charge in [-0.3, -0.25) is 4.98 Å². The number of hydrogen-bond donors (Lipinski definition) is 2. The first-order valence-corrected chi connectivity index (χ1v) is 7.60. The van der Waals surface area contributed by atoms with E-state index < -0.39 is 0 Å². The lowest BCUT2D eigenvalue weighted by molar-refractivity contribution is 0.392. The van der Waals surface area contributed by atoms with Gasteiger partial charge in [-0.1, -0.05) is 32.4 Å². The molecule has 3 unspecified atom stereocenters. The molecule has 1 saturated carbocycles. The van der Waals surface area contributed by atoms with Crippen LogP contribution in [0, 0.1) is 11.8 Å². The Balaban J connectivity index is 1.90. The molecular formula is C17H23N3. The second-order valence-corrected chi connectivity index (χ2v) is 5.96. The maximum atomic E-state index is 6.01. The molecule has 0 radical (unpaired) electrons. The molecule has 0 aliphatic heterocycles. The van der Waals surface area contributed by atoms with Gasteiger partial charge < -0.3 is 11.1 Å². The molecule has 20 heavy (non-hydrogen) atoms. The number of nitrogens with one attached hydrogen (secondary N) is 1. The lowest BCUT2D eigenvalue weighted by atomic mass is 9.93. The highest BCUT2D eigenvalue weighted by Gasteiger charge is 2.31. The first-order valence-electron chi connectivity index (χ1n) is 7.60. The van der Waals surface area contributed by atoms with Crippen LogP contribution in [0.4, 0.5) is 11.4 Å². The standard InChI is InChI=1S/C17H23N3/c1-3-12-7-8-15(11(12)2)20-16-9-10-19-17-13(16)5-4-6-14(17)18/h4-6,9-12,15H,3,7-8,18H2,1-2H3,(H,19,20). The molecule has 0 bridgehead atoms. The fourth-order valence-corrected chi connectivity index (χ4v) is 3.55. The Morgan fingerprint density at radius 2 is 2.15 bits per heavy atom. The molecule has 0 amide bonds. The predicted octanol–water partition coefficient (Wildman–Crippen LogP) is 4.05. The summed E-state index contributed by atoms with van der Waals surface area (Å²) < 4.78 is 0. The van der Waals surface area contributed by atoms with Crippen LogP contribution in [-0.4, -0.2) is 11.0 Å². The van der Waals surface area contributed by atoms with Crippen molar-refractivity contribution in [2.45, 2.75) is 39.2 Å². The van der Waals surface area contributed by atoms with E-state index in [2.05, 4.69) is 36.3 Å². The van der Waals surface area contributed by atoms with Crippen LogP contribution in [0.3, 0.4) is 0 Å². The minimum Gasteiger partial charge on any atom is -0.397 e. The van der Waals surface area contributed by atoms with Crippen LogP contribution in [0.2, 0.25) is 0 Å². The Morgan fingerprint density at radius 3 is 2.90 bits per heavy atom. The number of para-hydroxylation sites is 1. The largest absolute Gasteiger partial charge is 0.397 e. The van der Waals surface area contributed by atoms with Crippen molar-refractivity contribution in [1.29, 1.82) is 0 Å². The molecule has 3 rings (SSSR count). The zero-order valence-corrected chi connectivity index (χ0v) is 12.3. The summed E-state index contributed by atoms with van der Waals surface area (Å²) in [6.07, 6.45) is 5.72. The molecule has 1 aromatic carbocycles. The molecule has 0 saturated heterocycles. The summed E-state index contributed by atoms with van der Waals surface area (Å²) in [5.74, 6) is 1.58. The highest BCUT2D eigenvalue weighted by molar-refractivity contribution is 5.97. The number of benzene rings is 1. The molecule has 3 heteroatoms. The molecule has 1 heterocycles. The number of rotatable bonds is 3. The second-order valence-electron chi connectivity index (χ2n) is 5.96. The smallest absolute Gasteiger partial charge is 0.0951 e. The van der Waals surface area contributed by atoms with E-state index in [-0.39, 0.29) is 0 Å². The van der Waals surface area contributed by atoms with E-state index in [1.54, 1.807) is 0 Å².